The van der Waals surface area contributed by atoms with Gasteiger partial charge in [-0.1, -0.05) is 25.0 Å². The van der Waals surface area contributed by atoms with Crippen molar-refractivity contribution in [1.82, 2.24) is 4.72 Å². The fourth-order valence-corrected chi connectivity index (χ4v) is 4.25. The lowest BCUT2D eigenvalue weighted by Gasteiger charge is -2.28. The molecule has 0 aromatic heterocycles. The Kier molecular flexibility index (Phi) is 5.94. The van der Waals surface area contributed by atoms with Gasteiger partial charge in [0.1, 0.15) is 5.82 Å². The highest BCUT2D eigenvalue weighted by molar-refractivity contribution is 7.88. The van der Waals surface area contributed by atoms with Crippen molar-refractivity contribution in [3.05, 3.63) is 35.6 Å². The number of hydrogen-bond acceptors (Lipinski definition) is 3. The van der Waals surface area contributed by atoms with Gasteiger partial charge in [-0.25, -0.2) is 17.5 Å². The Hall–Kier alpha value is -0.690. The highest BCUT2D eigenvalue weighted by Gasteiger charge is 2.36. The van der Waals surface area contributed by atoms with Crippen LogP contribution in [0.25, 0.3) is 0 Å². The van der Waals surface area contributed by atoms with Crippen LogP contribution in [-0.2, 0) is 15.8 Å². The zero-order chi connectivity index (χ0) is 13.9. The first kappa shape index (κ1) is 17.4. The molecular formula is C13H20ClFN2O2S. The fraction of sp³-hybridized carbons (Fsp3) is 0.538. The molecule has 4 nitrogen and oxygen atoms in total. The highest BCUT2D eigenvalue weighted by atomic mass is 35.5. The standard InChI is InChI=1S/C13H19FN2O2S.ClH/c14-12-5-3-4-11(8-12)9-19(17,18)16-13(10-15)6-1-2-7-13;/h3-5,8,16H,1-2,6-7,9-10,15H2;1H. The molecule has 2 rings (SSSR count). The first-order valence-electron chi connectivity index (χ1n) is 6.41. The van der Waals surface area contributed by atoms with E-state index in [9.17, 15) is 12.8 Å². The molecule has 114 valence electrons. The van der Waals surface area contributed by atoms with E-state index in [1.807, 2.05) is 0 Å². The summed E-state index contributed by atoms with van der Waals surface area (Å²) < 4.78 is 40.0. The molecule has 0 radical (unpaired) electrons. The molecule has 1 aromatic rings. The predicted molar refractivity (Wildman–Crippen MR) is 79.7 cm³/mol. The second kappa shape index (κ2) is 6.85. The number of sulfonamides is 1. The number of nitrogens with two attached hydrogens (primary N) is 1. The van der Waals surface area contributed by atoms with Crippen molar-refractivity contribution in [3.63, 3.8) is 0 Å². The van der Waals surface area contributed by atoms with Crippen molar-refractivity contribution in [3.8, 4) is 0 Å². The molecule has 0 unspecified atom stereocenters. The van der Waals surface area contributed by atoms with E-state index in [2.05, 4.69) is 4.72 Å². The van der Waals surface area contributed by atoms with E-state index >= 15 is 0 Å². The van der Waals surface area contributed by atoms with Crippen LogP contribution in [0.15, 0.2) is 24.3 Å². The Labute approximate surface area is 125 Å². The predicted octanol–water partition coefficient (Wildman–Crippen LogP) is 1.94. The highest BCUT2D eigenvalue weighted by Crippen LogP contribution is 2.29. The number of rotatable bonds is 5. The van der Waals surface area contributed by atoms with Gasteiger partial charge in [-0.3, -0.25) is 0 Å². The molecule has 1 fully saturated rings. The monoisotopic (exact) mass is 322 g/mol. The lowest BCUT2D eigenvalue weighted by Crippen LogP contribution is -2.51. The van der Waals surface area contributed by atoms with Crippen LogP contribution >= 0.6 is 12.4 Å². The molecule has 1 aromatic carbocycles. The lowest BCUT2D eigenvalue weighted by molar-refractivity contribution is 0.399. The number of benzene rings is 1. The summed E-state index contributed by atoms with van der Waals surface area (Å²) in [5.74, 6) is -0.644. The van der Waals surface area contributed by atoms with E-state index in [0.29, 0.717) is 12.1 Å². The van der Waals surface area contributed by atoms with Crippen molar-refractivity contribution in [2.75, 3.05) is 6.54 Å². The summed E-state index contributed by atoms with van der Waals surface area (Å²) in [5.41, 5.74) is 5.64. The maximum absolute atomic E-state index is 13.1. The lowest BCUT2D eigenvalue weighted by atomic mass is 10.0. The minimum atomic E-state index is -3.50. The van der Waals surface area contributed by atoms with E-state index < -0.39 is 21.4 Å². The van der Waals surface area contributed by atoms with E-state index in [1.165, 1.54) is 18.2 Å². The van der Waals surface area contributed by atoms with Crippen LogP contribution in [0.5, 0.6) is 0 Å². The third-order valence-corrected chi connectivity index (χ3v) is 5.03. The molecule has 0 spiro atoms. The van der Waals surface area contributed by atoms with Gasteiger partial charge in [0, 0.05) is 12.1 Å². The van der Waals surface area contributed by atoms with Crippen LogP contribution < -0.4 is 10.5 Å². The van der Waals surface area contributed by atoms with Crippen LogP contribution in [0.3, 0.4) is 0 Å². The van der Waals surface area contributed by atoms with E-state index in [-0.39, 0.29) is 18.2 Å². The minimum absolute atomic E-state index is 0. The first-order chi connectivity index (χ1) is 8.95. The van der Waals surface area contributed by atoms with Crippen LogP contribution in [0.1, 0.15) is 31.2 Å². The molecule has 20 heavy (non-hydrogen) atoms. The van der Waals surface area contributed by atoms with Crippen LogP contribution in [0.2, 0.25) is 0 Å². The van der Waals surface area contributed by atoms with Gasteiger partial charge in [0.25, 0.3) is 0 Å². The summed E-state index contributed by atoms with van der Waals surface area (Å²) in [6.07, 6.45) is 3.51. The Balaban J connectivity index is 0.00000200. The molecule has 3 N–H and O–H groups in total. The summed E-state index contributed by atoms with van der Waals surface area (Å²) in [6, 6.07) is 5.64. The van der Waals surface area contributed by atoms with E-state index in [1.54, 1.807) is 6.07 Å². The van der Waals surface area contributed by atoms with Gasteiger partial charge in [-0.15, -0.1) is 12.4 Å². The Bertz CT molecular complexity index is 545. The average molecular weight is 323 g/mol. The van der Waals surface area contributed by atoms with Gasteiger partial charge in [-0.05, 0) is 30.5 Å². The smallest absolute Gasteiger partial charge is 0.216 e. The normalized spacial score (nSPS) is 17.7. The molecule has 0 amide bonds. The summed E-state index contributed by atoms with van der Waals surface area (Å²) in [4.78, 5) is 0. The third kappa shape index (κ3) is 4.41. The Morgan fingerprint density at radius 2 is 1.95 bits per heavy atom. The molecule has 7 heteroatoms. The Morgan fingerprint density at radius 1 is 1.30 bits per heavy atom. The molecule has 1 saturated carbocycles. The van der Waals surface area contributed by atoms with Gasteiger partial charge < -0.3 is 5.73 Å². The number of hydrogen-bond donors (Lipinski definition) is 2. The topological polar surface area (TPSA) is 72.2 Å². The summed E-state index contributed by atoms with van der Waals surface area (Å²) in [7, 11) is -3.50. The average Bonchev–Trinajstić information content (AvgIpc) is 2.76. The second-order valence-corrected chi connectivity index (χ2v) is 6.90. The van der Waals surface area contributed by atoms with Gasteiger partial charge >= 0.3 is 0 Å². The zero-order valence-corrected chi connectivity index (χ0v) is 12.8. The van der Waals surface area contributed by atoms with Crippen molar-refractivity contribution in [2.24, 2.45) is 5.73 Å². The quantitative estimate of drug-likeness (QED) is 0.870. The molecule has 1 aliphatic rings. The minimum Gasteiger partial charge on any atom is -0.329 e. The second-order valence-electron chi connectivity index (χ2n) is 5.18. The maximum atomic E-state index is 13.1. The molecule has 1 aliphatic carbocycles. The number of halogens is 2. The van der Waals surface area contributed by atoms with Crippen molar-refractivity contribution in [1.29, 1.82) is 0 Å². The molecule has 0 bridgehead atoms. The van der Waals surface area contributed by atoms with Crippen molar-refractivity contribution < 1.29 is 12.8 Å². The summed E-state index contributed by atoms with van der Waals surface area (Å²) in [6.45, 7) is 0.301. The molecule has 0 aliphatic heterocycles. The Morgan fingerprint density at radius 3 is 2.50 bits per heavy atom. The maximum Gasteiger partial charge on any atom is 0.216 e. The van der Waals surface area contributed by atoms with Gasteiger partial charge in [0.2, 0.25) is 10.0 Å². The van der Waals surface area contributed by atoms with E-state index in [4.69, 9.17) is 5.73 Å². The van der Waals surface area contributed by atoms with Crippen LogP contribution in [0, 0.1) is 5.82 Å². The van der Waals surface area contributed by atoms with Gasteiger partial charge in [0.05, 0.1) is 5.75 Å². The first-order valence-corrected chi connectivity index (χ1v) is 8.06. The van der Waals surface area contributed by atoms with Crippen molar-refractivity contribution in [2.45, 2.75) is 37.0 Å². The number of nitrogens with one attached hydrogen (secondary N) is 1. The summed E-state index contributed by atoms with van der Waals surface area (Å²) >= 11 is 0. The molecule has 0 saturated heterocycles. The molecule has 0 atom stereocenters. The van der Waals surface area contributed by atoms with Crippen molar-refractivity contribution >= 4 is 22.4 Å². The SMILES string of the molecule is Cl.NCC1(NS(=O)(=O)Cc2cccc(F)c2)CCCC1. The van der Waals surface area contributed by atoms with Crippen LogP contribution in [0.4, 0.5) is 4.39 Å². The molecular weight excluding hydrogens is 303 g/mol. The van der Waals surface area contributed by atoms with Crippen LogP contribution in [-0.4, -0.2) is 20.5 Å². The fourth-order valence-electron chi connectivity index (χ4n) is 2.61. The molecule has 0 heterocycles. The zero-order valence-electron chi connectivity index (χ0n) is 11.1. The summed E-state index contributed by atoms with van der Waals surface area (Å²) in [5, 5.41) is 0. The van der Waals surface area contributed by atoms with Gasteiger partial charge in [0.15, 0.2) is 0 Å². The largest absolute Gasteiger partial charge is 0.329 e. The van der Waals surface area contributed by atoms with E-state index in [0.717, 1.165) is 25.7 Å². The van der Waals surface area contributed by atoms with Gasteiger partial charge in [-0.2, -0.15) is 0 Å². The third-order valence-electron chi connectivity index (χ3n) is 3.57.